The minimum atomic E-state index is -0.409. The molecule has 1 amide bonds. The van der Waals surface area contributed by atoms with Crippen molar-refractivity contribution >= 4 is 5.91 Å². The number of ether oxygens (including phenoxy) is 1. The van der Waals surface area contributed by atoms with Gasteiger partial charge >= 0.3 is 0 Å². The Kier molecular flexibility index (Phi) is 4.12. The summed E-state index contributed by atoms with van der Waals surface area (Å²) in [6.07, 6.45) is 0.129. The average Bonchev–Trinajstić information content (AvgIpc) is 2.18. The lowest BCUT2D eigenvalue weighted by Gasteiger charge is -2.14. The molecule has 0 fully saturated rings. The van der Waals surface area contributed by atoms with E-state index in [4.69, 9.17) is 16.2 Å². The Morgan fingerprint density at radius 3 is 2.73 bits per heavy atom. The van der Waals surface area contributed by atoms with Gasteiger partial charge in [-0.05, 0) is 13.0 Å². The quantitative estimate of drug-likeness (QED) is 0.756. The van der Waals surface area contributed by atoms with Crippen LogP contribution < -0.4 is 16.2 Å². The second kappa shape index (κ2) is 5.36. The Balaban J connectivity index is 2.86. The molecular formula is C11H16N2O2. The minimum Gasteiger partial charge on any atom is -0.494 e. The zero-order chi connectivity index (χ0) is 11.3. The molecule has 15 heavy (non-hydrogen) atoms. The first-order chi connectivity index (χ1) is 7.15. The van der Waals surface area contributed by atoms with Crippen molar-refractivity contribution in [2.24, 2.45) is 11.5 Å². The Morgan fingerprint density at radius 1 is 1.47 bits per heavy atom. The van der Waals surface area contributed by atoms with E-state index in [-0.39, 0.29) is 6.42 Å². The fourth-order valence-electron chi connectivity index (χ4n) is 1.40. The van der Waals surface area contributed by atoms with Gasteiger partial charge in [-0.25, -0.2) is 0 Å². The van der Waals surface area contributed by atoms with Crippen molar-refractivity contribution in [1.29, 1.82) is 0 Å². The van der Waals surface area contributed by atoms with Crippen molar-refractivity contribution in [2.45, 2.75) is 19.4 Å². The van der Waals surface area contributed by atoms with Crippen molar-refractivity contribution in [3.05, 3.63) is 29.8 Å². The van der Waals surface area contributed by atoms with Crippen molar-refractivity contribution in [2.75, 3.05) is 6.61 Å². The molecule has 0 aliphatic heterocycles. The Bertz CT molecular complexity index is 339. The van der Waals surface area contributed by atoms with Crippen LogP contribution in [0.3, 0.4) is 0 Å². The first-order valence-corrected chi connectivity index (χ1v) is 4.90. The van der Waals surface area contributed by atoms with Gasteiger partial charge in [0.2, 0.25) is 5.91 Å². The predicted octanol–water partition coefficient (Wildman–Crippen LogP) is 0.960. The van der Waals surface area contributed by atoms with Gasteiger partial charge in [0.1, 0.15) is 5.75 Å². The third-order valence-corrected chi connectivity index (χ3v) is 2.04. The molecule has 0 radical (unpaired) electrons. The highest BCUT2D eigenvalue weighted by molar-refractivity contribution is 5.74. The molecule has 0 saturated carbocycles. The molecule has 4 nitrogen and oxygen atoms in total. The minimum absolute atomic E-state index is 0.129. The highest BCUT2D eigenvalue weighted by Gasteiger charge is 2.13. The van der Waals surface area contributed by atoms with Crippen LogP contribution in [0.4, 0.5) is 0 Å². The molecule has 0 heterocycles. The summed E-state index contributed by atoms with van der Waals surface area (Å²) in [6.45, 7) is 2.47. The van der Waals surface area contributed by atoms with E-state index in [2.05, 4.69) is 0 Å². The fraction of sp³-hybridized carbons (Fsp3) is 0.364. The van der Waals surface area contributed by atoms with Crippen LogP contribution in [0.5, 0.6) is 5.75 Å². The molecule has 1 rings (SSSR count). The number of para-hydroxylation sites is 1. The van der Waals surface area contributed by atoms with Crippen LogP contribution in [-0.4, -0.2) is 12.5 Å². The molecule has 4 heteroatoms. The highest BCUT2D eigenvalue weighted by atomic mass is 16.5. The van der Waals surface area contributed by atoms with Crippen molar-refractivity contribution in [1.82, 2.24) is 0 Å². The second-order valence-corrected chi connectivity index (χ2v) is 3.25. The first kappa shape index (κ1) is 11.5. The number of rotatable bonds is 5. The Labute approximate surface area is 89.2 Å². The lowest BCUT2D eigenvalue weighted by molar-refractivity contribution is -0.118. The average molecular weight is 208 g/mol. The van der Waals surface area contributed by atoms with E-state index in [1.807, 2.05) is 31.2 Å². The van der Waals surface area contributed by atoms with E-state index in [1.165, 1.54) is 0 Å². The summed E-state index contributed by atoms with van der Waals surface area (Å²) in [7, 11) is 0. The molecule has 82 valence electrons. The molecule has 0 aliphatic carbocycles. The molecule has 1 aromatic carbocycles. The number of carbonyl (C=O) groups is 1. The van der Waals surface area contributed by atoms with Gasteiger partial charge in [0.25, 0.3) is 0 Å². The zero-order valence-electron chi connectivity index (χ0n) is 8.77. The van der Waals surface area contributed by atoms with Gasteiger partial charge in [-0.15, -0.1) is 0 Å². The van der Waals surface area contributed by atoms with E-state index in [0.717, 1.165) is 5.56 Å². The van der Waals surface area contributed by atoms with Gasteiger partial charge in [-0.3, -0.25) is 4.79 Å². The van der Waals surface area contributed by atoms with Crippen molar-refractivity contribution in [3.63, 3.8) is 0 Å². The van der Waals surface area contributed by atoms with E-state index in [9.17, 15) is 4.79 Å². The molecule has 0 bridgehead atoms. The standard InChI is InChI=1S/C11H16N2O2/c1-2-15-10-6-4-3-5-8(10)9(12)7-11(13)14/h3-6,9H,2,7,12H2,1H3,(H2,13,14). The maximum absolute atomic E-state index is 10.8. The number of hydrogen-bond acceptors (Lipinski definition) is 3. The molecule has 0 aliphatic rings. The number of carbonyl (C=O) groups excluding carboxylic acids is 1. The zero-order valence-corrected chi connectivity index (χ0v) is 8.77. The molecule has 4 N–H and O–H groups in total. The summed E-state index contributed by atoms with van der Waals surface area (Å²) in [5, 5.41) is 0. The third kappa shape index (κ3) is 3.25. The number of amides is 1. The lowest BCUT2D eigenvalue weighted by atomic mass is 10.0. The van der Waals surface area contributed by atoms with Gasteiger partial charge in [-0.2, -0.15) is 0 Å². The number of hydrogen-bond donors (Lipinski definition) is 2. The van der Waals surface area contributed by atoms with Crippen LogP contribution in [0, 0.1) is 0 Å². The van der Waals surface area contributed by atoms with Crippen LogP contribution in [-0.2, 0) is 4.79 Å². The summed E-state index contributed by atoms with van der Waals surface area (Å²) in [5.74, 6) is 0.308. The topological polar surface area (TPSA) is 78.3 Å². The van der Waals surface area contributed by atoms with Gasteiger partial charge in [0.15, 0.2) is 0 Å². The summed E-state index contributed by atoms with van der Waals surface area (Å²) >= 11 is 0. The van der Waals surface area contributed by atoms with Crippen molar-refractivity contribution in [3.8, 4) is 5.75 Å². The van der Waals surface area contributed by atoms with Crippen LogP contribution in [0.15, 0.2) is 24.3 Å². The maximum Gasteiger partial charge on any atom is 0.219 e. The van der Waals surface area contributed by atoms with Gasteiger partial charge in [0, 0.05) is 18.0 Å². The van der Waals surface area contributed by atoms with Gasteiger partial charge < -0.3 is 16.2 Å². The largest absolute Gasteiger partial charge is 0.494 e. The fourth-order valence-corrected chi connectivity index (χ4v) is 1.40. The molecule has 0 saturated heterocycles. The summed E-state index contributed by atoms with van der Waals surface area (Å²) in [5.41, 5.74) is 11.8. The predicted molar refractivity (Wildman–Crippen MR) is 58.4 cm³/mol. The Morgan fingerprint density at radius 2 is 2.13 bits per heavy atom. The van der Waals surface area contributed by atoms with Crippen LogP contribution in [0.1, 0.15) is 24.9 Å². The van der Waals surface area contributed by atoms with Crippen LogP contribution in [0.25, 0.3) is 0 Å². The van der Waals surface area contributed by atoms with E-state index in [1.54, 1.807) is 0 Å². The summed E-state index contributed by atoms with van der Waals surface area (Å²) in [4.78, 5) is 10.8. The number of nitrogens with two attached hydrogens (primary N) is 2. The van der Waals surface area contributed by atoms with E-state index >= 15 is 0 Å². The molecule has 0 spiro atoms. The molecule has 1 atom stereocenters. The first-order valence-electron chi connectivity index (χ1n) is 4.90. The third-order valence-electron chi connectivity index (χ3n) is 2.04. The molecular weight excluding hydrogens is 192 g/mol. The maximum atomic E-state index is 10.8. The van der Waals surface area contributed by atoms with Gasteiger partial charge in [-0.1, -0.05) is 18.2 Å². The SMILES string of the molecule is CCOc1ccccc1C(N)CC(N)=O. The smallest absolute Gasteiger partial charge is 0.219 e. The van der Waals surface area contributed by atoms with Crippen LogP contribution >= 0.6 is 0 Å². The number of benzene rings is 1. The highest BCUT2D eigenvalue weighted by Crippen LogP contribution is 2.25. The monoisotopic (exact) mass is 208 g/mol. The van der Waals surface area contributed by atoms with Crippen LogP contribution in [0.2, 0.25) is 0 Å². The number of primary amides is 1. The summed E-state index contributed by atoms with van der Waals surface area (Å²) < 4.78 is 5.41. The second-order valence-electron chi connectivity index (χ2n) is 3.25. The Hall–Kier alpha value is -1.55. The van der Waals surface area contributed by atoms with E-state index < -0.39 is 11.9 Å². The molecule has 1 unspecified atom stereocenters. The lowest BCUT2D eigenvalue weighted by Crippen LogP contribution is -2.21. The van der Waals surface area contributed by atoms with E-state index in [0.29, 0.717) is 12.4 Å². The normalized spacial score (nSPS) is 12.1. The molecule has 1 aromatic rings. The van der Waals surface area contributed by atoms with Gasteiger partial charge in [0.05, 0.1) is 6.61 Å². The summed E-state index contributed by atoms with van der Waals surface area (Å²) in [6, 6.07) is 7.01. The molecule has 0 aromatic heterocycles. The van der Waals surface area contributed by atoms with Crippen molar-refractivity contribution < 1.29 is 9.53 Å².